The van der Waals surface area contributed by atoms with E-state index >= 15 is 0 Å². The Labute approximate surface area is 215 Å². The van der Waals surface area contributed by atoms with Crippen LogP contribution >= 0.6 is 0 Å². The zero-order chi connectivity index (χ0) is 26.5. The summed E-state index contributed by atoms with van der Waals surface area (Å²) in [5, 5.41) is 10.2. The minimum atomic E-state index is -1.14. The fourth-order valence-corrected chi connectivity index (χ4v) is 4.60. The maximum absolute atomic E-state index is 13.5. The number of carbonyl (C=O) groups is 2. The van der Waals surface area contributed by atoms with Crippen molar-refractivity contribution in [3.63, 3.8) is 0 Å². The summed E-state index contributed by atoms with van der Waals surface area (Å²) in [5.41, 5.74) is 3.84. The highest BCUT2D eigenvalue weighted by molar-refractivity contribution is 5.97. The van der Waals surface area contributed by atoms with Crippen molar-refractivity contribution < 1.29 is 9.59 Å². The molecule has 0 aliphatic rings. The number of anilines is 1. The third-order valence-electron chi connectivity index (χ3n) is 6.73. The average Bonchev–Trinajstić information content (AvgIpc) is 3.20. The molecule has 0 saturated carbocycles. The third-order valence-corrected chi connectivity index (χ3v) is 6.73. The van der Waals surface area contributed by atoms with Gasteiger partial charge in [-0.1, -0.05) is 77.9 Å². The Morgan fingerprint density at radius 1 is 0.917 bits per heavy atom. The Morgan fingerprint density at radius 3 is 2.17 bits per heavy atom. The van der Waals surface area contributed by atoms with Crippen molar-refractivity contribution >= 4 is 28.5 Å². The molecular weight excluding hydrogens is 448 g/mol. The van der Waals surface area contributed by atoms with E-state index in [0.29, 0.717) is 18.9 Å². The van der Waals surface area contributed by atoms with E-state index in [2.05, 4.69) is 74.6 Å². The summed E-state index contributed by atoms with van der Waals surface area (Å²) in [6, 6.07) is 13.8. The molecule has 1 aromatic heterocycles. The van der Waals surface area contributed by atoms with Crippen LogP contribution in [0.2, 0.25) is 0 Å². The largest absolute Gasteiger partial charge is 0.361 e. The van der Waals surface area contributed by atoms with E-state index in [1.165, 1.54) is 0 Å². The molecule has 0 fully saturated rings. The molecule has 3 rings (SSSR count). The molecule has 194 valence electrons. The highest BCUT2D eigenvalue weighted by Gasteiger charge is 2.36. The predicted octanol–water partition coefficient (Wildman–Crippen LogP) is 6.70. The van der Waals surface area contributed by atoms with Crippen LogP contribution in [0.5, 0.6) is 0 Å². The summed E-state index contributed by atoms with van der Waals surface area (Å²) in [6.07, 6.45) is 3.16. The predicted molar refractivity (Wildman–Crippen MR) is 150 cm³/mol. The summed E-state index contributed by atoms with van der Waals surface area (Å²) in [7, 11) is 0. The van der Waals surface area contributed by atoms with Crippen molar-refractivity contribution in [3.8, 4) is 0 Å². The van der Waals surface area contributed by atoms with Crippen LogP contribution in [-0.4, -0.2) is 29.0 Å². The molecule has 36 heavy (non-hydrogen) atoms. The van der Waals surface area contributed by atoms with E-state index in [4.69, 9.17) is 0 Å². The minimum absolute atomic E-state index is 0.190. The fourth-order valence-electron chi connectivity index (χ4n) is 4.60. The van der Waals surface area contributed by atoms with Crippen molar-refractivity contribution in [1.82, 2.24) is 15.6 Å². The summed E-state index contributed by atoms with van der Waals surface area (Å²) in [6.45, 7) is 15.1. The number of aromatic nitrogens is 1. The molecular formula is C30H42N4O2. The van der Waals surface area contributed by atoms with Crippen LogP contribution in [0.4, 0.5) is 10.5 Å². The van der Waals surface area contributed by atoms with E-state index in [9.17, 15) is 9.59 Å². The van der Waals surface area contributed by atoms with Gasteiger partial charge in [0.2, 0.25) is 5.91 Å². The monoisotopic (exact) mass is 490 g/mol. The molecule has 0 bridgehead atoms. The van der Waals surface area contributed by atoms with Crippen molar-refractivity contribution in [2.45, 2.75) is 78.7 Å². The topological polar surface area (TPSA) is 86.0 Å². The van der Waals surface area contributed by atoms with Gasteiger partial charge in [0, 0.05) is 35.8 Å². The number of carbonyl (C=O) groups excluding carboxylic acids is 2. The lowest BCUT2D eigenvalue weighted by Crippen LogP contribution is -2.59. The van der Waals surface area contributed by atoms with Crippen LogP contribution in [0.3, 0.4) is 0 Å². The van der Waals surface area contributed by atoms with Gasteiger partial charge in [-0.2, -0.15) is 0 Å². The first-order valence-corrected chi connectivity index (χ1v) is 13.1. The van der Waals surface area contributed by atoms with E-state index in [0.717, 1.165) is 39.7 Å². The number of benzene rings is 2. The lowest BCUT2D eigenvalue weighted by atomic mass is 9.91. The molecule has 4 N–H and O–H groups in total. The number of hydrogen-bond acceptors (Lipinski definition) is 2. The quantitative estimate of drug-likeness (QED) is 0.255. The van der Waals surface area contributed by atoms with Crippen LogP contribution in [0.1, 0.15) is 83.4 Å². The van der Waals surface area contributed by atoms with Gasteiger partial charge in [-0.15, -0.1) is 0 Å². The van der Waals surface area contributed by atoms with Gasteiger partial charge in [0.1, 0.15) is 5.54 Å². The zero-order valence-electron chi connectivity index (χ0n) is 22.8. The van der Waals surface area contributed by atoms with Crippen LogP contribution in [0, 0.1) is 5.92 Å². The molecule has 1 heterocycles. The highest BCUT2D eigenvalue weighted by Crippen LogP contribution is 2.32. The van der Waals surface area contributed by atoms with Crippen molar-refractivity contribution in [1.29, 1.82) is 0 Å². The normalized spacial score (nSPS) is 13.3. The lowest BCUT2D eigenvalue weighted by Gasteiger charge is -2.30. The molecule has 0 radical (unpaired) electrons. The number of hydrogen-bond donors (Lipinski definition) is 4. The first-order chi connectivity index (χ1) is 17.0. The standard InChI is InChI=1S/C30H42N4O2/c1-19(2)15-16-31-28(35)30(7,17-22-18-32-26-14-9-8-11-25(22)26)34-29(36)33-27-23(20(3)4)12-10-13-24(27)21(5)6/h8-14,18-21,32H,15-17H2,1-7H3,(H,31,35)(H2,33,34,36). The Balaban J connectivity index is 1.90. The molecule has 0 aliphatic carbocycles. The number of para-hydroxylation sites is 2. The van der Waals surface area contributed by atoms with E-state index in [1.807, 2.05) is 36.5 Å². The van der Waals surface area contributed by atoms with Gasteiger partial charge in [0.05, 0.1) is 0 Å². The highest BCUT2D eigenvalue weighted by atomic mass is 16.2. The molecule has 6 nitrogen and oxygen atoms in total. The van der Waals surface area contributed by atoms with Crippen LogP contribution in [0.25, 0.3) is 10.9 Å². The van der Waals surface area contributed by atoms with Gasteiger partial charge < -0.3 is 20.9 Å². The first-order valence-electron chi connectivity index (χ1n) is 13.1. The van der Waals surface area contributed by atoms with Gasteiger partial charge in [0.25, 0.3) is 0 Å². The van der Waals surface area contributed by atoms with E-state index in [-0.39, 0.29) is 23.8 Å². The van der Waals surface area contributed by atoms with Crippen molar-refractivity contribution in [3.05, 3.63) is 65.4 Å². The number of aromatic amines is 1. The number of fused-ring (bicyclic) bond motifs is 1. The van der Waals surface area contributed by atoms with E-state index < -0.39 is 5.54 Å². The van der Waals surface area contributed by atoms with Crippen LogP contribution in [0.15, 0.2) is 48.7 Å². The SMILES string of the molecule is CC(C)CCNC(=O)C(C)(Cc1c[nH]c2ccccc12)NC(=O)Nc1c(C(C)C)cccc1C(C)C. The van der Waals surface area contributed by atoms with Crippen LogP contribution < -0.4 is 16.0 Å². The molecule has 0 aliphatic heterocycles. The Kier molecular flexibility index (Phi) is 8.83. The fraction of sp³-hybridized carbons (Fsp3) is 0.467. The molecule has 6 heteroatoms. The summed E-state index contributed by atoms with van der Waals surface area (Å²) < 4.78 is 0. The van der Waals surface area contributed by atoms with Gasteiger partial charge in [-0.25, -0.2) is 4.79 Å². The third kappa shape index (κ3) is 6.48. The average molecular weight is 491 g/mol. The van der Waals surface area contributed by atoms with Gasteiger partial charge >= 0.3 is 6.03 Å². The molecule has 1 unspecified atom stereocenters. The Hall–Kier alpha value is -3.28. The number of nitrogens with one attached hydrogen (secondary N) is 4. The minimum Gasteiger partial charge on any atom is -0.361 e. The molecule has 2 aromatic carbocycles. The maximum atomic E-state index is 13.5. The van der Waals surface area contributed by atoms with Gasteiger partial charge in [0.15, 0.2) is 0 Å². The smallest absolute Gasteiger partial charge is 0.320 e. The van der Waals surface area contributed by atoms with Crippen molar-refractivity contribution in [2.24, 2.45) is 5.92 Å². The number of H-pyrrole nitrogens is 1. The van der Waals surface area contributed by atoms with Gasteiger partial charge in [-0.05, 0) is 53.9 Å². The molecule has 3 aromatic rings. The molecule has 0 saturated heterocycles. The van der Waals surface area contributed by atoms with Crippen LogP contribution in [-0.2, 0) is 11.2 Å². The second kappa shape index (κ2) is 11.6. The maximum Gasteiger partial charge on any atom is 0.320 e. The number of rotatable bonds is 10. The zero-order valence-corrected chi connectivity index (χ0v) is 22.8. The summed E-state index contributed by atoms with van der Waals surface area (Å²) in [4.78, 5) is 30.2. The lowest BCUT2D eigenvalue weighted by molar-refractivity contribution is -0.126. The van der Waals surface area contributed by atoms with Crippen molar-refractivity contribution in [2.75, 3.05) is 11.9 Å². The molecule has 1 atom stereocenters. The molecule has 3 amide bonds. The summed E-state index contributed by atoms with van der Waals surface area (Å²) >= 11 is 0. The molecule has 0 spiro atoms. The summed E-state index contributed by atoms with van der Waals surface area (Å²) in [5.74, 6) is 0.778. The van der Waals surface area contributed by atoms with Gasteiger partial charge in [-0.3, -0.25) is 4.79 Å². The second-order valence-electron chi connectivity index (χ2n) is 11.0. The number of urea groups is 1. The first kappa shape index (κ1) is 27.3. The Morgan fingerprint density at radius 2 is 1.56 bits per heavy atom. The second-order valence-corrected chi connectivity index (χ2v) is 11.0. The van der Waals surface area contributed by atoms with E-state index in [1.54, 1.807) is 6.92 Å². The Bertz CT molecular complexity index is 1170. The number of amides is 3.